The Balaban J connectivity index is 2.23. The molecule has 0 saturated carbocycles. The first-order chi connectivity index (χ1) is 8.61. The molecular formula is C12H17N3O2S. The Hall–Kier alpha value is -1.37. The number of hydrogen-bond donors (Lipinski definition) is 3. The van der Waals surface area contributed by atoms with Gasteiger partial charge in [-0.15, -0.1) is 0 Å². The minimum absolute atomic E-state index is 0.127. The molecule has 98 valence electrons. The number of likely N-dealkylation sites (N-methyl/N-ethyl adjacent to an activating group) is 1. The molecule has 0 aliphatic heterocycles. The fourth-order valence-corrected chi connectivity index (χ4v) is 2.81. The highest BCUT2D eigenvalue weighted by molar-refractivity contribution is 7.16. The molecule has 0 spiro atoms. The van der Waals surface area contributed by atoms with Crippen LogP contribution < -0.4 is 10.6 Å². The first-order valence-electron chi connectivity index (χ1n) is 5.84. The molecule has 0 amide bonds. The number of H-pyrrole nitrogens is 1. The van der Waals surface area contributed by atoms with Crippen LogP contribution in [0.25, 0.3) is 10.2 Å². The minimum atomic E-state index is -0.136. The summed E-state index contributed by atoms with van der Waals surface area (Å²) in [4.78, 5) is 16.0. The fraction of sp³-hybridized carbons (Fsp3) is 0.417. The monoisotopic (exact) mass is 267 g/mol. The van der Waals surface area contributed by atoms with Gasteiger partial charge in [0, 0.05) is 19.6 Å². The predicted octanol–water partition coefficient (Wildman–Crippen LogP) is 0.728. The van der Waals surface area contributed by atoms with Crippen LogP contribution in [0, 0.1) is 0 Å². The Morgan fingerprint density at radius 1 is 1.44 bits per heavy atom. The van der Waals surface area contributed by atoms with Gasteiger partial charge >= 0.3 is 4.87 Å². The summed E-state index contributed by atoms with van der Waals surface area (Å²) < 4.78 is 0.848. The number of fused-ring (bicyclic) bond motifs is 1. The van der Waals surface area contributed by atoms with Crippen molar-refractivity contribution in [2.24, 2.45) is 5.73 Å². The molecule has 0 atom stereocenters. The summed E-state index contributed by atoms with van der Waals surface area (Å²) in [6.45, 7) is 2.37. The quantitative estimate of drug-likeness (QED) is 0.746. The summed E-state index contributed by atoms with van der Waals surface area (Å²) >= 11 is 1.14. The molecule has 0 fully saturated rings. The number of phenols is 1. The average Bonchev–Trinajstić information content (AvgIpc) is 2.71. The Morgan fingerprint density at radius 2 is 2.22 bits per heavy atom. The Bertz CT molecular complexity index is 591. The lowest BCUT2D eigenvalue weighted by Gasteiger charge is -2.15. The van der Waals surface area contributed by atoms with Crippen LogP contribution in [-0.2, 0) is 6.42 Å². The number of aromatic amines is 1. The number of nitrogens with zero attached hydrogens (tertiary/aromatic N) is 1. The van der Waals surface area contributed by atoms with Crippen LogP contribution in [0.4, 0.5) is 0 Å². The molecule has 2 aromatic rings. The molecule has 0 radical (unpaired) electrons. The van der Waals surface area contributed by atoms with E-state index < -0.39 is 0 Å². The summed E-state index contributed by atoms with van der Waals surface area (Å²) in [6.07, 6.45) is 0.834. The van der Waals surface area contributed by atoms with E-state index in [-0.39, 0.29) is 10.6 Å². The molecule has 5 nitrogen and oxygen atoms in total. The summed E-state index contributed by atoms with van der Waals surface area (Å²) in [5, 5.41) is 9.68. The van der Waals surface area contributed by atoms with Gasteiger partial charge in [0.1, 0.15) is 11.3 Å². The molecule has 6 heteroatoms. The standard InChI is InChI=1S/C12H17N3O2S/c1-15(7-5-13)6-4-8-2-3-9(16)10-11(8)18-12(17)14-10/h2-3,16H,4-7,13H2,1H3,(H,14,17). The van der Waals surface area contributed by atoms with Crippen molar-refractivity contribution in [2.45, 2.75) is 6.42 Å². The largest absolute Gasteiger partial charge is 0.506 e. The van der Waals surface area contributed by atoms with Gasteiger partial charge in [0.05, 0.1) is 4.70 Å². The van der Waals surface area contributed by atoms with Crippen LogP contribution >= 0.6 is 11.3 Å². The van der Waals surface area contributed by atoms with E-state index in [0.29, 0.717) is 12.1 Å². The lowest BCUT2D eigenvalue weighted by atomic mass is 10.1. The van der Waals surface area contributed by atoms with Crippen molar-refractivity contribution in [1.82, 2.24) is 9.88 Å². The van der Waals surface area contributed by atoms with Gasteiger partial charge in [0.25, 0.3) is 0 Å². The van der Waals surface area contributed by atoms with Gasteiger partial charge in [-0.2, -0.15) is 0 Å². The van der Waals surface area contributed by atoms with Crippen LogP contribution in [0.2, 0.25) is 0 Å². The van der Waals surface area contributed by atoms with E-state index in [9.17, 15) is 9.90 Å². The first kappa shape index (κ1) is 13.1. The van der Waals surface area contributed by atoms with Crippen LogP contribution in [-0.4, -0.2) is 41.7 Å². The second-order valence-electron chi connectivity index (χ2n) is 4.30. The zero-order chi connectivity index (χ0) is 13.1. The van der Waals surface area contributed by atoms with Crippen LogP contribution in [0.5, 0.6) is 5.75 Å². The van der Waals surface area contributed by atoms with E-state index in [2.05, 4.69) is 9.88 Å². The van der Waals surface area contributed by atoms with Crippen molar-refractivity contribution in [1.29, 1.82) is 0 Å². The van der Waals surface area contributed by atoms with E-state index >= 15 is 0 Å². The molecule has 0 saturated heterocycles. The zero-order valence-corrected chi connectivity index (χ0v) is 11.1. The number of thiazole rings is 1. The average molecular weight is 267 g/mol. The second-order valence-corrected chi connectivity index (χ2v) is 5.29. The maximum Gasteiger partial charge on any atom is 0.305 e. The van der Waals surface area contributed by atoms with Crippen LogP contribution in [0.3, 0.4) is 0 Å². The van der Waals surface area contributed by atoms with Crippen molar-refractivity contribution in [3.05, 3.63) is 27.4 Å². The van der Waals surface area contributed by atoms with Crippen molar-refractivity contribution >= 4 is 21.6 Å². The number of hydrogen-bond acceptors (Lipinski definition) is 5. The van der Waals surface area contributed by atoms with E-state index in [1.54, 1.807) is 6.07 Å². The summed E-state index contributed by atoms with van der Waals surface area (Å²) in [5.74, 6) is 0.127. The summed E-state index contributed by atoms with van der Waals surface area (Å²) in [6, 6.07) is 3.50. The number of nitrogens with one attached hydrogen (secondary N) is 1. The minimum Gasteiger partial charge on any atom is -0.506 e. The summed E-state index contributed by atoms with van der Waals surface area (Å²) in [5.41, 5.74) is 7.12. The number of aromatic hydroxyl groups is 1. The summed E-state index contributed by atoms with van der Waals surface area (Å²) in [7, 11) is 2.02. The molecule has 1 aromatic carbocycles. The van der Waals surface area contributed by atoms with Gasteiger partial charge in [-0.3, -0.25) is 4.79 Å². The van der Waals surface area contributed by atoms with Crippen molar-refractivity contribution < 1.29 is 5.11 Å². The zero-order valence-electron chi connectivity index (χ0n) is 10.3. The first-order valence-corrected chi connectivity index (χ1v) is 6.65. The van der Waals surface area contributed by atoms with Gasteiger partial charge in [0.15, 0.2) is 0 Å². The SMILES string of the molecule is CN(CCN)CCc1ccc(O)c2[nH]c(=O)sc12. The van der Waals surface area contributed by atoms with Gasteiger partial charge in [-0.25, -0.2) is 0 Å². The maximum absolute atomic E-state index is 11.4. The van der Waals surface area contributed by atoms with Crippen LogP contribution in [0.15, 0.2) is 16.9 Å². The third-order valence-corrected chi connectivity index (χ3v) is 3.87. The number of phenolic OH excluding ortho intramolecular Hbond substituents is 1. The Kier molecular flexibility index (Phi) is 4.00. The Morgan fingerprint density at radius 3 is 2.94 bits per heavy atom. The highest BCUT2D eigenvalue weighted by atomic mass is 32.1. The molecule has 1 aromatic heterocycles. The molecule has 0 aliphatic rings. The third-order valence-electron chi connectivity index (χ3n) is 2.91. The van der Waals surface area contributed by atoms with Gasteiger partial charge in [-0.1, -0.05) is 17.4 Å². The van der Waals surface area contributed by atoms with Crippen LogP contribution in [0.1, 0.15) is 5.56 Å². The van der Waals surface area contributed by atoms with Gasteiger partial charge < -0.3 is 20.7 Å². The molecular weight excluding hydrogens is 250 g/mol. The number of benzene rings is 1. The normalized spacial score (nSPS) is 11.5. The molecule has 2 rings (SSSR count). The second kappa shape index (κ2) is 5.51. The van der Waals surface area contributed by atoms with E-state index in [4.69, 9.17) is 5.73 Å². The molecule has 0 unspecified atom stereocenters. The number of rotatable bonds is 5. The predicted molar refractivity (Wildman–Crippen MR) is 74.4 cm³/mol. The maximum atomic E-state index is 11.4. The smallest absolute Gasteiger partial charge is 0.305 e. The van der Waals surface area contributed by atoms with E-state index in [0.717, 1.165) is 41.1 Å². The molecule has 18 heavy (non-hydrogen) atoms. The Labute approximate surface area is 109 Å². The lowest BCUT2D eigenvalue weighted by molar-refractivity contribution is 0.348. The van der Waals surface area contributed by atoms with E-state index in [1.807, 2.05) is 13.1 Å². The lowest BCUT2D eigenvalue weighted by Crippen LogP contribution is -2.27. The molecule has 1 heterocycles. The number of nitrogens with two attached hydrogens (primary N) is 1. The molecule has 0 aliphatic carbocycles. The van der Waals surface area contributed by atoms with Gasteiger partial charge in [-0.05, 0) is 25.1 Å². The van der Waals surface area contributed by atoms with Crippen molar-refractivity contribution in [3.63, 3.8) is 0 Å². The fourth-order valence-electron chi connectivity index (χ4n) is 1.91. The topological polar surface area (TPSA) is 82.3 Å². The van der Waals surface area contributed by atoms with Gasteiger partial charge in [0.2, 0.25) is 0 Å². The number of aromatic nitrogens is 1. The molecule has 0 bridgehead atoms. The highest BCUT2D eigenvalue weighted by Crippen LogP contribution is 2.27. The van der Waals surface area contributed by atoms with E-state index in [1.165, 1.54) is 0 Å². The highest BCUT2D eigenvalue weighted by Gasteiger charge is 2.10. The van der Waals surface area contributed by atoms with Crippen molar-refractivity contribution in [3.8, 4) is 5.75 Å². The van der Waals surface area contributed by atoms with Crippen molar-refractivity contribution in [2.75, 3.05) is 26.7 Å². The third kappa shape index (κ3) is 2.72. The molecule has 4 N–H and O–H groups in total.